The van der Waals surface area contributed by atoms with Crippen molar-refractivity contribution in [2.45, 2.75) is 49.5 Å². The number of amides is 4. The summed E-state index contributed by atoms with van der Waals surface area (Å²) in [5, 5.41) is 5.37. The van der Waals surface area contributed by atoms with E-state index in [-0.39, 0.29) is 16.5 Å². The Morgan fingerprint density at radius 2 is 1.93 bits per heavy atom. The summed E-state index contributed by atoms with van der Waals surface area (Å²) in [6, 6.07) is 5.27. The van der Waals surface area contributed by atoms with Gasteiger partial charge in [0.15, 0.2) is 0 Å². The average Bonchev–Trinajstić information content (AvgIpc) is 2.92. The molecule has 1 aromatic carbocycles. The fourth-order valence-electron chi connectivity index (χ4n) is 4.03. The van der Waals surface area contributed by atoms with E-state index in [1.807, 2.05) is 0 Å². The molecule has 1 spiro atoms. The van der Waals surface area contributed by atoms with Gasteiger partial charge in [-0.2, -0.15) is 0 Å². The van der Waals surface area contributed by atoms with Crippen molar-refractivity contribution in [2.24, 2.45) is 5.92 Å². The van der Waals surface area contributed by atoms with Gasteiger partial charge in [0, 0.05) is 19.8 Å². The molecule has 1 saturated carbocycles. The maximum Gasteiger partial charge on any atom is 0.325 e. The summed E-state index contributed by atoms with van der Waals surface area (Å²) in [4.78, 5) is 38.8. The molecule has 1 aromatic rings. The second-order valence-corrected chi connectivity index (χ2v) is 10.3. The van der Waals surface area contributed by atoms with Crippen molar-refractivity contribution in [3.8, 4) is 0 Å². The molecule has 0 atom stereocenters. The Kier molecular flexibility index (Phi) is 6.19. The molecule has 10 heteroatoms. The molecule has 2 fully saturated rings. The predicted octanol–water partition coefficient (Wildman–Crippen LogP) is 1.77. The molecule has 1 heterocycles. The molecule has 0 aromatic heterocycles. The maximum atomic E-state index is 12.9. The van der Waals surface area contributed by atoms with Crippen molar-refractivity contribution in [1.82, 2.24) is 14.5 Å². The average molecular weight is 437 g/mol. The first kappa shape index (κ1) is 22.2. The first-order valence-electron chi connectivity index (χ1n) is 10.1. The summed E-state index contributed by atoms with van der Waals surface area (Å²) in [6.07, 6.45) is 3.95. The van der Waals surface area contributed by atoms with E-state index in [0.717, 1.165) is 28.5 Å². The summed E-state index contributed by atoms with van der Waals surface area (Å²) in [5.74, 6) is -0.373. The lowest BCUT2D eigenvalue weighted by Crippen LogP contribution is -2.49. The number of carbonyl (C=O) groups is 3. The van der Waals surface area contributed by atoms with Crippen LogP contribution in [0.3, 0.4) is 0 Å². The van der Waals surface area contributed by atoms with E-state index >= 15 is 0 Å². The molecule has 2 N–H and O–H groups in total. The van der Waals surface area contributed by atoms with Crippen LogP contribution in [-0.2, 0) is 19.6 Å². The molecule has 30 heavy (non-hydrogen) atoms. The molecular weight excluding hydrogens is 408 g/mol. The number of hydrogen-bond donors (Lipinski definition) is 2. The van der Waals surface area contributed by atoms with Crippen molar-refractivity contribution in [3.63, 3.8) is 0 Å². The fourth-order valence-corrected chi connectivity index (χ4v) is 4.97. The second kappa shape index (κ2) is 8.35. The van der Waals surface area contributed by atoms with Crippen molar-refractivity contribution in [3.05, 3.63) is 24.3 Å². The third kappa shape index (κ3) is 4.20. The third-order valence-corrected chi connectivity index (χ3v) is 7.79. The highest BCUT2D eigenvalue weighted by Crippen LogP contribution is 2.37. The number of nitrogens with one attached hydrogen (secondary N) is 2. The first-order valence-corrected chi connectivity index (χ1v) is 11.5. The molecule has 1 saturated heterocycles. The summed E-state index contributed by atoms with van der Waals surface area (Å²) in [7, 11) is -0.810. The van der Waals surface area contributed by atoms with Gasteiger partial charge in [0.05, 0.1) is 4.90 Å². The molecule has 1 aliphatic heterocycles. The van der Waals surface area contributed by atoms with Crippen LogP contribution in [0.5, 0.6) is 0 Å². The minimum Gasteiger partial charge on any atom is -0.324 e. The van der Waals surface area contributed by atoms with E-state index in [1.165, 1.54) is 32.3 Å². The Hall–Kier alpha value is -2.46. The topological polar surface area (TPSA) is 116 Å². The van der Waals surface area contributed by atoms with Crippen LogP contribution >= 0.6 is 0 Å². The van der Waals surface area contributed by atoms with Gasteiger partial charge >= 0.3 is 6.03 Å². The summed E-state index contributed by atoms with van der Waals surface area (Å²) in [5.41, 5.74) is -0.629. The van der Waals surface area contributed by atoms with Crippen LogP contribution in [-0.4, -0.2) is 61.6 Å². The van der Waals surface area contributed by atoms with Crippen molar-refractivity contribution < 1.29 is 22.8 Å². The lowest BCUT2D eigenvalue weighted by atomic mass is 9.75. The second-order valence-electron chi connectivity index (χ2n) is 8.12. The van der Waals surface area contributed by atoms with Crippen molar-refractivity contribution in [1.29, 1.82) is 0 Å². The fraction of sp³-hybridized carbons (Fsp3) is 0.550. The molecule has 1 aliphatic carbocycles. The number of imide groups is 1. The molecule has 9 nitrogen and oxygen atoms in total. The smallest absolute Gasteiger partial charge is 0.324 e. The molecule has 4 amide bonds. The number of nitrogens with zero attached hydrogens (tertiary/aromatic N) is 2. The predicted molar refractivity (Wildman–Crippen MR) is 111 cm³/mol. The van der Waals surface area contributed by atoms with Gasteiger partial charge in [-0.15, -0.1) is 0 Å². The standard InChI is InChI=1S/C20H28N4O5S/c1-4-14-8-10-20(11-9-14)18(26)24(19(27)22-20)13-17(25)21-15-6-5-7-16(12-15)30(28,29)23(2)3/h5-7,12,14H,4,8-11,13H2,1-3H3,(H,21,25)(H,22,27). The van der Waals surface area contributed by atoms with Gasteiger partial charge in [0.1, 0.15) is 12.1 Å². The van der Waals surface area contributed by atoms with Crippen LogP contribution in [0.2, 0.25) is 0 Å². The number of hydrogen-bond acceptors (Lipinski definition) is 5. The van der Waals surface area contributed by atoms with E-state index in [9.17, 15) is 22.8 Å². The molecule has 2 aliphatic rings. The maximum absolute atomic E-state index is 12.9. The summed E-state index contributed by atoms with van der Waals surface area (Å²) >= 11 is 0. The van der Waals surface area contributed by atoms with E-state index in [2.05, 4.69) is 17.6 Å². The zero-order valence-electron chi connectivity index (χ0n) is 17.5. The van der Waals surface area contributed by atoms with Gasteiger partial charge < -0.3 is 10.6 Å². The van der Waals surface area contributed by atoms with E-state index in [0.29, 0.717) is 18.8 Å². The number of rotatable bonds is 6. The highest BCUT2D eigenvalue weighted by Gasteiger charge is 2.52. The Bertz CT molecular complexity index is 952. The van der Waals surface area contributed by atoms with E-state index in [4.69, 9.17) is 0 Å². The Morgan fingerprint density at radius 3 is 2.53 bits per heavy atom. The van der Waals surface area contributed by atoms with Crippen molar-refractivity contribution in [2.75, 3.05) is 26.0 Å². The van der Waals surface area contributed by atoms with E-state index < -0.39 is 34.0 Å². The van der Waals surface area contributed by atoms with Crippen molar-refractivity contribution >= 4 is 33.6 Å². The van der Waals surface area contributed by atoms with E-state index in [1.54, 1.807) is 6.07 Å². The SMILES string of the molecule is CCC1CCC2(CC1)NC(=O)N(CC(=O)Nc1cccc(S(=O)(=O)N(C)C)c1)C2=O. The van der Waals surface area contributed by atoms with Crippen LogP contribution in [0, 0.1) is 5.92 Å². The van der Waals surface area contributed by atoms with Gasteiger partial charge in [0.25, 0.3) is 5.91 Å². The zero-order valence-corrected chi connectivity index (χ0v) is 18.3. The molecule has 3 rings (SSSR count). The van der Waals surface area contributed by atoms with Gasteiger partial charge in [0.2, 0.25) is 15.9 Å². The lowest BCUT2D eigenvalue weighted by molar-refractivity contribution is -0.135. The molecule has 164 valence electrons. The monoisotopic (exact) mass is 436 g/mol. The van der Waals surface area contributed by atoms with Crippen LogP contribution in [0.25, 0.3) is 0 Å². The Labute approximate surface area is 176 Å². The molecular formula is C20H28N4O5S. The molecule has 0 radical (unpaired) electrons. The van der Waals surface area contributed by atoms with Gasteiger partial charge in [-0.05, 0) is 49.8 Å². The van der Waals surface area contributed by atoms with Gasteiger partial charge in [-0.3, -0.25) is 14.5 Å². The number of anilines is 1. The first-order chi connectivity index (χ1) is 14.1. The minimum atomic E-state index is -3.65. The van der Waals surface area contributed by atoms with Gasteiger partial charge in [-0.25, -0.2) is 17.5 Å². The minimum absolute atomic E-state index is 0.0342. The zero-order chi connectivity index (χ0) is 22.1. The van der Waals surface area contributed by atoms with Crippen LogP contribution < -0.4 is 10.6 Å². The molecule has 0 unspecified atom stereocenters. The number of sulfonamides is 1. The quantitative estimate of drug-likeness (QED) is 0.660. The Morgan fingerprint density at radius 1 is 1.27 bits per heavy atom. The third-order valence-electron chi connectivity index (χ3n) is 5.98. The highest BCUT2D eigenvalue weighted by atomic mass is 32.2. The van der Waals surface area contributed by atoms with Gasteiger partial charge in [-0.1, -0.05) is 19.4 Å². The number of urea groups is 1. The van der Waals surface area contributed by atoms with Crippen LogP contribution in [0.4, 0.5) is 10.5 Å². The lowest BCUT2D eigenvalue weighted by Gasteiger charge is -2.34. The van der Waals surface area contributed by atoms with Crippen LogP contribution in [0.1, 0.15) is 39.0 Å². The highest BCUT2D eigenvalue weighted by molar-refractivity contribution is 7.89. The Balaban J connectivity index is 1.67. The largest absolute Gasteiger partial charge is 0.325 e. The summed E-state index contributed by atoms with van der Waals surface area (Å²) < 4.78 is 25.6. The number of carbonyl (C=O) groups excluding carboxylic acids is 3. The normalized spacial score (nSPS) is 24.4. The number of benzene rings is 1. The van der Waals surface area contributed by atoms with Crippen LogP contribution in [0.15, 0.2) is 29.2 Å². The summed E-state index contributed by atoms with van der Waals surface area (Å²) in [6.45, 7) is 1.70. The molecule has 0 bridgehead atoms.